The van der Waals surface area contributed by atoms with Gasteiger partial charge < -0.3 is 10.3 Å². The highest BCUT2D eigenvalue weighted by molar-refractivity contribution is 7.99. The quantitative estimate of drug-likeness (QED) is 0.947. The number of hydrogen-bond donors (Lipinski definition) is 1. The Labute approximate surface area is 118 Å². The van der Waals surface area contributed by atoms with Crippen molar-refractivity contribution in [3.8, 4) is 0 Å². The van der Waals surface area contributed by atoms with Crippen LogP contribution < -0.4 is 5.73 Å². The highest BCUT2D eigenvalue weighted by Gasteiger charge is 2.32. The van der Waals surface area contributed by atoms with Gasteiger partial charge in [-0.2, -0.15) is 13.2 Å². The van der Waals surface area contributed by atoms with Gasteiger partial charge >= 0.3 is 6.18 Å². The normalized spacial score (nSPS) is 11.9. The molecular weight excluding hydrogens is 289 g/mol. The zero-order chi connectivity index (χ0) is 14.9. The fourth-order valence-electron chi connectivity index (χ4n) is 1.66. The van der Waals surface area contributed by atoms with Gasteiger partial charge in [0, 0.05) is 18.5 Å². The van der Waals surface area contributed by atoms with Gasteiger partial charge in [0.15, 0.2) is 5.16 Å². The molecule has 20 heavy (non-hydrogen) atoms. The average molecular weight is 302 g/mol. The molecule has 0 aliphatic heterocycles. The maximum atomic E-state index is 12.8. The summed E-state index contributed by atoms with van der Waals surface area (Å²) in [6.45, 7) is 1.64. The first-order chi connectivity index (χ1) is 9.32. The maximum absolute atomic E-state index is 12.8. The zero-order valence-corrected chi connectivity index (χ0v) is 11.7. The molecule has 0 saturated heterocycles. The van der Waals surface area contributed by atoms with Crippen molar-refractivity contribution in [2.75, 3.05) is 0 Å². The number of rotatable bonds is 3. The smallest absolute Gasteiger partial charge is 0.326 e. The zero-order valence-electron chi connectivity index (χ0n) is 10.9. The van der Waals surface area contributed by atoms with Crippen LogP contribution in [0.15, 0.2) is 28.3 Å². The predicted octanol–water partition coefficient (Wildman–Crippen LogP) is 2.75. The fourth-order valence-corrected chi connectivity index (χ4v) is 2.56. The molecule has 0 bridgehead atoms. The number of halogens is 3. The highest BCUT2D eigenvalue weighted by Crippen LogP contribution is 2.35. The maximum Gasteiger partial charge on any atom is 0.416 e. The Bertz CT molecular complexity index is 622. The van der Waals surface area contributed by atoms with Crippen LogP contribution >= 0.6 is 11.8 Å². The van der Waals surface area contributed by atoms with Crippen molar-refractivity contribution < 1.29 is 13.2 Å². The van der Waals surface area contributed by atoms with Crippen LogP contribution in [-0.2, 0) is 19.8 Å². The van der Waals surface area contributed by atoms with Crippen molar-refractivity contribution in [3.63, 3.8) is 0 Å². The molecular formula is C12H13F3N4S. The summed E-state index contributed by atoms with van der Waals surface area (Å²) in [6, 6.07) is 3.90. The molecule has 1 aromatic heterocycles. The largest absolute Gasteiger partial charge is 0.416 e. The number of nitrogens with two attached hydrogens (primary N) is 1. The molecule has 0 amide bonds. The summed E-state index contributed by atoms with van der Waals surface area (Å²) in [4.78, 5) is 0.647. The van der Waals surface area contributed by atoms with Crippen LogP contribution in [0, 0.1) is 6.92 Å². The third kappa shape index (κ3) is 2.96. The topological polar surface area (TPSA) is 56.7 Å². The van der Waals surface area contributed by atoms with Gasteiger partial charge in [-0.15, -0.1) is 10.2 Å². The van der Waals surface area contributed by atoms with Crippen molar-refractivity contribution >= 4 is 11.8 Å². The molecule has 8 heteroatoms. The Kier molecular flexibility index (Phi) is 4.05. The molecule has 2 aromatic rings. The van der Waals surface area contributed by atoms with E-state index < -0.39 is 11.7 Å². The van der Waals surface area contributed by atoms with Crippen LogP contribution in [0.1, 0.15) is 17.0 Å². The first kappa shape index (κ1) is 14.9. The number of hydrogen-bond acceptors (Lipinski definition) is 4. The second-order valence-corrected chi connectivity index (χ2v) is 5.25. The summed E-state index contributed by atoms with van der Waals surface area (Å²) >= 11 is 1.25. The lowest BCUT2D eigenvalue weighted by Gasteiger charge is -2.12. The summed E-state index contributed by atoms with van der Waals surface area (Å²) in [5.74, 6) is 0.735. The molecule has 0 unspecified atom stereocenters. The molecule has 2 rings (SSSR count). The van der Waals surface area contributed by atoms with Crippen molar-refractivity contribution in [3.05, 3.63) is 35.2 Å². The first-order valence-electron chi connectivity index (χ1n) is 5.77. The molecule has 0 spiro atoms. The monoisotopic (exact) mass is 302 g/mol. The van der Waals surface area contributed by atoms with E-state index in [1.165, 1.54) is 23.9 Å². The Balaban J connectivity index is 2.33. The predicted molar refractivity (Wildman–Crippen MR) is 69.2 cm³/mol. The Hall–Kier alpha value is -1.54. The molecule has 0 atom stereocenters. The third-order valence-corrected chi connectivity index (χ3v) is 3.89. The lowest BCUT2D eigenvalue weighted by Crippen LogP contribution is -2.11. The lowest BCUT2D eigenvalue weighted by molar-refractivity contribution is -0.138. The summed E-state index contributed by atoms with van der Waals surface area (Å²) in [5, 5.41) is 8.47. The molecule has 108 valence electrons. The van der Waals surface area contributed by atoms with Crippen LogP contribution in [0.2, 0.25) is 0 Å². The van der Waals surface area contributed by atoms with E-state index >= 15 is 0 Å². The van der Waals surface area contributed by atoms with Gasteiger partial charge in [0.1, 0.15) is 5.82 Å². The van der Waals surface area contributed by atoms with Gasteiger partial charge in [-0.1, -0.05) is 0 Å². The number of alkyl halides is 3. The molecule has 0 aliphatic carbocycles. The van der Waals surface area contributed by atoms with E-state index in [1.807, 2.05) is 0 Å². The highest BCUT2D eigenvalue weighted by atomic mass is 32.2. The number of nitrogens with zero attached hydrogens (tertiary/aromatic N) is 3. The van der Waals surface area contributed by atoms with Crippen LogP contribution in [0.25, 0.3) is 0 Å². The van der Waals surface area contributed by atoms with E-state index in [0.29, 0.717) is 10.1 Å². The summed E-state index contributed by atoms with van der Waals surface area (Å²) in [7, 11) is 1.80. The standard InChI is InChI=1S/C12H13F3N4S/c1-7-17-18-11(19(7)2)20-9-3-4-10(12(13,14)15)8(5-9)6-16/h3-5H,6,16H2,1-2H3. The minimum atomic E-state index is -4.39. The first-order valence-corrected chi connectivity index (χ1v) is 6.58. The van der Waals surface area contributed by atoms with Crippen LogP contribution in [-0.4, -0.2) is 14.8 Å². The van der Waals surface area contributed by atoms with Crippen molar-refractivity contribution in [2.24, 2.45) is 12.8 Å². The molecule has 0 saturated carbocycles. The molecule has 1 heterocycles. The molecule has 2 N–H and O–H groups in total. The van der Waals surface area contributed by atoms with Gasteiger partial charge in [0.2, 0.25) is 0 Å². The van der Waals surface area contributed by atoms with Gasteiger partial charge in [0.05, 0.1) is 5.56 Å². The van der Waals surface area contributed by atoms with Crippen LogP contribution in [0.5, 0.6) is 0 Å². The van der Waals surface area contributed by atoms with Gasteiger partial charge in [0.25, 0.3) is 0 Å². The summed E-state index contributed by atoms with van der Waals surface area (Å²) in [5.41, 5.74) is 4.78. The molecule has 0 radical (unpaired) electrons. The SMILES string of the molecule is Cc1nnc(Sc2ccc(C(F)(F)F)c(CN)c2)n1C. The second-order valence-electron chi connectivity index (χ2n) is 4.21. The number of aromatic nitrogens is 3. The van der Waals surface area contributed by atoms with Crippen molar-refractivity contribution in [1.82, 2.24) is 14.8 Å². The van der Waals surface area contributed by atoms with E-state index in [9.17, 15) is 13.2 Å². The Morgan fingerprint density at radius 1 is 1.30 bits per heavy atom. The van der Waals surface area contributed by atoms with Crippen LogP contribution in [0.3, 0.4) is 0 Å². The van der Waals surface area contributed by atoms with Crippen molar-refractivity contribution in [2.45, 2.75) is 29.7 Å². The van der Waals surface area contributed by atoms with Crippen LogP contribution in [0.4, 0.5) is 13.2 Å². The molecule has 4 nitrogen and oxygen atoms in total. The Morgan fingerprint density at radius 2 is 2.00 bits per heavy atom. The van der Waals surface area contributed by atoms with Gasteiger partial charge in [-0.25, -0.2) is 0 Å². The summed E-state index contributed by atoms with van der Waals surface area (Å²) < 4.78 is 40.1. The van der Waals surface area contributed by atoms with Gasteiger partial charge in [-0.05, 0) is 42.4 Å². The summed E-state index contributed by atoms with van der Waals surface area (Å²) in [6.07, 6.45) is -4.39. The Morgan fingerprint density at radius 3 is 2.50 bits per heavy atom. The second kappa shape index (κ2) is 5.45. The number of benzene rings is 1. The van der Waals surface area contributed by atoms with Crippen molar-refractivity contribution in [1.29, 1.82) is 0 Å². The molecule has 0 fully saturated rings. The molecule has 1 aromatic carbocycles. The van der Waals surface area contributed by atoms with E-state index in [2.05, 4.69) is 10.2 Å². The van der Waals surface area contributed by atoms with Gasteiger partial charge in [-0.3, -0.25) is 0 Å². The van der Waals surface area contributed by atoms with E-state index in [0.717, 1.165) is 11.9 Å². The lowest BCUT2D eigenvalue weighted by atomic mass is 10.1. The average Bonchev–Trinajstić information content (AvgIpc) is 2.69. The molecule has 0 aliphatic rings. The fraction of sp³-hybridized carbons (Fsp3) is 0.333. The van der Waals surface area contributed by atoms with E-state index in [-0.39, 0.29) is 12.1 Å². The number of aryl methyl sites for hydroxylation is 1. The van der Waals surface area contributed by atoms with E-state index in [4.69, 9.17) is 5.73 Å². The van der Waals surface area contributed by atoms with E-state index in [1.54, 1.807) is 18.5 Å². The minimum absolute atomic E-state index is 0.0707. The third-order valence-electron chi connectivity index (χ3n) is 2.86. The minimum Gasteiger partial charge on any atom is -0.326 e.